The Labute approximate surface area is 106 Å². The summed E-state index contributed by atoms with van der Waals surface area (Å²) in [5.41, 5.74) is 0. The van der Waals surface area contributed by atoms with Crippen molar-refractivity contribution in [3.63, 3.8) is 0 Å². The topological polar surface area (TPSA) is 24.5 Å². The van der Waals surface area contributed by atoms with Gasteiger partial charge in [0.2, 0.25) is 0 Å². The highest BCUT2D eigenvalue weighted by Gasteiger charge is 2.25. The van der Waals surface area contributed by atoms with Crippen molar-refractivity contribution in [1.82, 2.24) is 10.2 Å². The second-order valence-electron chi connectivity index (χ2n) is 5.44. The molecular formula is C14H28N2O. The fourth-order valence-corrected chi connectivity index (χ4v) is 3.06. The number of hydrogen-bond acceptors (Lipinski definition) is 3. The Kier molecular flexibility index (Phi) is 5.75. The normalized spacial score (nSPS) is 31.6. The van der Waals surface area contributed by atoms with E-state index >= 15 is 0 Å². The molecule has 1 N–H and O–H groups in total. The van der Waals surface area contributed by atoms with E-state index in [4.69, 9.17) is 4.74 Å². The molecule has 2 aliphatic rings. The molecule has 0 aromatic rings. The van der Waals surface area contributed by atoms with Crippen molar-refractivity contribution in [3.8, 4) is 0 Å². The molecule has 3 nitrogen and oxygen atoms in total. The van der Waals surface area contributed by atoms with E-state index in [0.29, 0.717) is 6.10 Å². The lowest BCUT2D eigenvalue weighted by Crippen LogP contribution is -2.49. The maximum absolute atomic E-state index is 5.87. The molecule has 0 spiro atoms. The number of piperidine rings is 1. The van der Waals surface area contributed by atoms with Crippen molar-refractivity contribution >= 4 is 0 Å². The largest absolute Gasteiger partial charge is 0.377 e. The van der Waals surface area contributed by atoms with E-state index in [1.54, 1.807) is 0 Å². The standard InChI is InChI=1S/C14H28N2O/c1-2-15-11-13-7-3-5-9-16(13)12-14-8-4-6-10-17-14/h13-15H,2-12H2,1H3. The summed E-state index contributed by atoms with van der Waals surface area (Å²) >= 11 is 0. The monoisotopic (exact) mass is 240 g/mol. The summed E-state index contributed by atoms with van der Waals surface area (Å²) in [5, 5.41) is 3.50. The molecule has 2 heterocycles. The van der Waals surface area contributed by atoms with Crippen molar-refractivity contribution in [3.05, 3.63) is 0 Å². The fraction of sp³-hybridized carbons (Fsp3) is 1.00. The van der Waals surface area contributed by atoms with Crippen molar-refractivity contribution in [1.29, 1.82) is 0 Å². The van der Waals surface area contributed by atoms with E-state index in [1.807, 2.05) is 0 Å². The molecule has 2 fully saturated rings. The third-order valence-electron chi connectivity index (χ3n) is 4.09. The van der Waals surface area contributed by atoms with Crippen LogP contribution in [0, 0.1) is 0 Å². The van der Waals surface area contributed by atoms with Crippen molar-refractivity contribution in [2.24, 2.45) is 0 Å². The van der Waals surface area contributed by atoms with Gasteiger partial charge in [-0.2, -0.15) is 0 Å². The van der Waals surface area contributed by atoms with Crippen LogP contribution in [0.15, 0.2) is 0 Å². The Bertz CT molecular complexity index is 204. The van der Waals surface area contributed by atoms with E-state index in [-0.39, 0.29) is 0 Å². The Morgan fingerprint density at radius 3 is 2.82 bits per heavy atom. The van der Waals surface area contributed by atoms with Crippen LogP contribution in [0.25, 0.3) is 0 Å². The minimum Gasteiger partial charge on any atom is -0.377 e. The van der Waals surface area contributed by atoms with Crippen LogP contribution >= 0.6 is 0 Å². The van der Waals surface area contributed by atoms with Gasteiger partial charge in [-0.25, -0.2) is 0 Å². The SMILES string of the molecule is CCNCC1CCCCN1CC1CCCCO1. The lowest BCUT2D eigenvalue weighted by molar-refractivity contribution is -0.0191. The maximum Gasteiger partial charge on any atom is 0.0702 e. The van der Waals surface area contributed by atoms with Crippen molar-refractivity contribution in [2.45, 2.75) is 57.6 Å². The average Bonchev–Trinajstić information content (AvgIpc) is 2.39. The Balaban J connectivity index is 1.78. The van der Waals surface area contributed by atoms with Gasteiger partial charge in [0.1, 0.15) is 0 Å². The molecule has 0 amide bonds. The highest BCUT2D eigenvalue weighted by atomic mass is 16.5. The van der Waals surface area contributed by atoms with Crippen molar-refractivity contribution in [2.75, 3.05) is 32.8 Å². The number of ether oxygens (including phenoxy) is 1. The summed E-state index contributed by atoms with van der Waals surface area (Å²) in [4.78, 5) is 2.67. The fourth-order valence-electron chi connectivity index (χ4n) is 3.06. The van der Waals surface area contributed by atoms with Crippen LogP contribution in [0.1, 0.15) is 45.4 Å². The molecule has 0 aromatic carbocycles. The lowest BCUT2D eigenvalue weighted by Gasteiger charge is -2.38. The van der Waals surface area contributed by atoms with Gasteiger partial charge in [0, 0.05) is 25.7 Å². The number of hydrogen-bond donors (Lipinski definition) is 1. The molecule has 3 heteroatoms. The summed E-state index contributed by atoms with van der Waals surface area (Å²) in [5.74, 6) is 0. The van der Waals surface area contributed by atoms with Crippen LogP contribution in [0.5, 0.6) is 0 Å². The molecule has 2 rings (SSSR count). The van der Waals surface area contributed by atoms with Gasteiger partial charge in [-0.15, -0.1) is 0 Å². The predicted octanol–water partition coefficient (Wildman–Crippen LogP) is 2.02. The van der Waals surface area contributed by atoms with E-state index in [1.165, 1.54) is 45.1 Å². The van der Waals surface area contributed by atoms with Gasteiger partial charge >= 0.3 is 0 Å². The van der Waals surface area contributed by atoms with Gasteiger partial charge in [-0.3, -0.25) is 4.90 Å². The molecular weight excluding hydrogens is 212 g/mol. The second kappa shape index (κ2) is 7.34. The average molecular weight is 240 g/mol. The molecule has 0 bridgehead atoms. The van der Waals surface area contributed by atoms with Crippen LogP contribution in [-0.2, 0) is 4.74 Å². The third-order valence-corrected chi connectivity index (χ3v) is 4.09. The highest BCUT2D eigenvalue weighted by Crippen LogP contribution is 2.20. The molecule has 0 radical (unpaired) electrons. The molecule has 2 unspecified atom stereocenters. The van der Waals surface area contributed by atoms with Gasteiger partial charge in [-0.05, 0) is 45.2 Å². The quantitative estimate of drug-likeness (QED) is 0.795. The van der Waals surface area contributed by atoms with Crippen LogP contribution in [0.2, 0.25) is 0 Å². The molecule has 0 aliphatic carbocycles. The van der Waals surface area contributed by atoms with E-state index < -0.39 is 0 Å². The zero-order chi connectivity index (χ0) is 11.9. The molecule has 0 aromatic heterocycles. The number of likely N-dealkylation sites (N-methyl/N-ethyl adjacent to an activating group) is 1. The molecule has 2 atom stereocenters. The van der Waals surface area contributed by atoms with E-state index in [9.17, 15) is 0 Å². The predicted molar refractivity (Wildman–Crippen MR) is 71.3 cm³/mol. The summed E-state index contributed by atoms with van der Waals surface area (Å²) < 4.78 is 5.87. The Morgan fingerprint density at radius 2 is 2.06 bits per heavy atom. The third kappa shape index (κ3) is 4.23. The first kappa shape index (κ1) is 13.3. The van der Waals surface area contributed by atoms with Gasteiger partial charge in [0.15, 0.2) is 0 Å². The molecule has 2 aliphatic heterocycles. The number of nitrogens with zero attached hydrogens (tertiary/aromatic N) is 1. The first-order valence-corrected chi connectivity index (χ1v) is 7.46. The van der Waals surface area contributed by atoms with E-state index in [0.717, 1.165) is 32.3 Å². The molecule has 100 valence electrons. The number of nitrogens with one attached hydrogen (secondary N) is 1. The zero-order valence-electron chi connectivity index (χ0n) is 11.3. The van der Waals surface area contributed by atoms with Gasteiger partial charge in [0.05, 0.1) is 6.10 Å². The Hall–Kier alpha value is -0.120. The minimum atomic E-state index is 0.506. The van der Waals surface area contributed by atoms with Gasteiger partial charge in [-0.1, -0.05) is 13.3 Å². The summed E-state index contributed by atoms with van der Waals surface area (Å²) in [6.07, 6.45) is 8.52. The highest BCUT2D eigenvalue weighted by molar-refractivity contribution is 4.81. The van der Waals surface area contributed by atoms with Crippen LogP contribution in [-0.4, -0.2) is 49.8 Å². The Morgan fingerprint density at radius 1 is 1.18 bits per heavy atom. The van der Waals surface area contributed by atoms with Gasteiger partial charge in [0.25, 0.3) is 0 Å². The van der Waals surface area contributed by atoms with Crippen molar-refractivity contribution < 1.29 is 4.74 Å². The summed E-state index contributed by atoms with van der Waals surface area (Å²) in [6.45, 7) is 7.85. The van der Waals surface area contributed by atoms with Crippen LogP contribution in [0.4, 0.5) is 0 Å². The molecule has 0 saturated carbocycles. The minimum absolute atomic E-state index is 0.506. The second-order valence-corrected chi connectivity index (χ2v) is 5.44. The molecule has 2 saturated heterocycles. The van der Waals surface area contributed by atoms with E-state index in [2.05, 4.69) is 17.1 Å². The summed E-state index contributed by atoms with van der Waals surface area (Å²) in [7, 11) is 0. The first-order valence-electron chi connectivity index (χ1n) is 7.46. The maximum atomic E-state index is 5.87. The number of rotatable bonds is 5. The van der Waals surface area contributed by atoms with Crippen LogP contribution in [0.3, 0.4) is 0 Å². The first-order chi connectivity index (χ1) is 8.40. The zero-order valence-corrected chi connectivity index (χ0v) is 11.3. The smallest absolute Gasteiger partial charge is 0.0702 e. The summed E-state index contributed by atoms with van der Waals surface area (Å²) in [6, 6.07) is 0.745. The number of likely N-dealkylation sites (tertiary alicyclic amines) is 1. The van der Waals surface area contributed by atoms with Crippen LogP contribution < -0.4 is 5.32 Å². The molecule has 17 heavy (non-hydrogen) atoms. The lowest BCUT2D eigenvalue weighted by atomic mass is 10.00. The van der Waals surface area contributed by atoms with Gasteiger partial charge < -0.3 is 10.1 Å².